The zero-order chi connectivity index (χ0) is 47.4. The summed E-state index contributed by atoms with van der Waals surface area (Å²) in [6, 6.07) is 41.1. The summed E-state index contributed by atoms with van der Waals surface area (Å²) in [6.45, 7) is 31.7. The Labute approximate surface area is 404 Å². The molecule has 5 heterocycles. The number of para-hydroxylation sites is 2. The molecule has 0 amide bonds. The number of anilines is 5. The smallest absolute Gasteiger partial charge is 0.252 e. The maximum Gasteiger partial charge on any atom is 0.252 e. The van der Waals surface area contributed by atoms with Gasteiger partial charge in [-0.15, -0.1) is 0 Å². The molecule has 13 rings (SSSR count). The van der Waals surface area contributed by atoms with Crippen molar-refractivity contribution in [2.45, 2.75) is 161 Å². The van der Waals surface area contributed by atoms with Gasteiger partial charge in [0.25, 0.3) is 6.71 Å². The van der Waals surface area contributed by atoms with Crippen LogP contribution >= 0.6 is 0 Å². The quantitative estimate of drug-likeness (QED) is 0.162. The molecular formula is C63H68BN3O. The van der Waals surface area contributed by atoms with Crippen molar-refractivity contribution >= 4 is 84.5 Å². The molecular weight excluding hydrogens is 826 g/mol. The number of nitrogens with zero attached hydrogens (tertiary/aromatic N) is 3. The fourth-order valence-electron chi connectivity index (χ4n) is 14.3. The molecule has 5 heteroatoms. The van der Waals surface area contributed by atoms with E-state index in [-0.39, 0.29) is 39.3 Å². The van der Waals surface area contributed by atoms with Crippen LogP contribution in [-0.2, 0) is 27.1 Å². The van der Waals surface area contributed by atoms with Crippen molar-refractivity contribution in [2.24, 2.45) is 0 Å². The van der Waals surface area contributed by atoms with Crippen molar-refractivity contribution in [3.05, 3.63) is 137 Å². The molecule has 6 aromatic carbocycles. The molecule has 68 heavy (non-hydrogen) atoms. The molecule has 0 spiro atoms. The van der Waals surface area contributed by atoms with E-state index >= 15 is 0 Å². The van der Waals surface area contributed by atoms with Crippen LogP contribution in [0.5, 0.6) is 0 Å². The highest BCUT2D eigenvalue weighted by atomic mass is 16.3. The number of aromatic nitrogens is 1. The van der Waals surface area contributed by atoms with Crippen LogP contribution in [0.2, 0.25) is 0 Å². The van der Waals surface area contributed by atoms with E-state index in [1.165, 1.54) is 132 Å². The van der Waals surface area contributed by atoms with E-state index in [1.54, 1.807) is 0 Å². The lowest BCUT2D eigenvalue weighted by Gasteiger charge is -2.50. The highest BCUT2D eigenvalue weighted by Gasteiger charge is 2.58. The van der Waals surface area contributed by atoms with E-state index in [1.807, 2.05) is 0 Å². The van der Waals surface area contributed by atoms with Crippen molar-refractivity contribution in [1.29, 1.82) is 0 Å². The van der Waals surface area contributed by atoms with Crippen LogP contribution in [0.15, 0.2) is 108 Å². The van der Waals surface area contributed by atoms with Gasteiger partial charge in [0, 0.05) is 50.3 Å². The third kappa shape index (κ3) is 5.40. The second-order valence-electron chi connectivity index (χ2n) is 25.6. The summed E-state index contributed by atoms with van der Waals surface area (Å²) < 4.78 is 9.47. The van der Waals surface area contributed by atoms with Crippen LogP contribution < -0.4 is 26.2 Å². The Morgan fingerprint density at radius 1 is 0.544 bits per heavy atom. The molecule has 5 aliphatic rings. The Morgan fingerprint density at radius 2 is 1.24 bits per heavy atom. The molecule has 0 radical (unpaired) electrons. The van der Waals surface area contributed by atoms with Crippen LogP contribution in [0.1, 0.15) is 155 Å². The molecule has 8 aromatic rings. The van der Waals surface area contributed by atoms with E-state index in [4.69, 9.17) is 4.42 Å². The maximum atomic E-state index is 6.87. The van der Waals surface area contributed by atoms with Gasteiger partial charge in [0.15, 0.2) is 5.58 Å². The fourth-order valence-corrected chi connectivity index (χ4v) is 14.3. The molecule has 344 valence electrons. The topological polar surface area (TPSA) is 24.6 Å². The summed E-state index contributed by atoms with van der Waals surface area (Å²) >= 11 is 0. The van der Waals surface area contributed by atoms with E-state index in [0.29, 0.717) is 0 Å². The van der Waals surface area contributed by atoms with Gasteiger partial charge in [0.2, 0.25) is 0 Å². The first-order chi connectivity index (χ1) is 32.1. The minimum Gasteiger partial charge on any atom is -0.454 e. The first-order valence-corrected chi connectivity index (χ1v) is 25.8. The molecule has 0 saturated heterocycles. The Balaban J connectivity index is 1.15. The number of benzene rings is 6. The zero-order valence-electron chi connectivity index (χ0n) is 42.9. The van der Waals surface area contributed by atoms with Crippen LogP contribution in [0, 0.1) is 6.92 Å². The monoisotopic (exact) mass is 894 g/mol. The van der Waals surface area contributed by atoms with Crippen molar-refractivity contribution in [3.63, 3.8) is 0 Å². The second-order valence-corrected chi connectivity index (χ2v) is 25.6. The standard InChI is InChI=1S/C63H68BN3O/c1-37-31-43-44(61(10,11)30-29-60(43,8)9)36-49(37)65-50-35-40(67-48-26-23-38(58(2,3)4)32-45(48)62(12)27-16-17-28-63(62,67)13)24-25-46(50)64-47-21-18-20-42-55(47)66(56-41-19-14-15-22-53(41)68-57(42)56)52-34-39(59(5,6)7)33-51(65)54(52)64/h14-15,18-26,31-36H,16-17,27-30H2,1-13H3. The van der Waals surface area contributed by atoms with Gasteiger partial charge in [-0.25, -0.2) is 0 Å². The molecule has 1 fully saturated rings. The van der Waals surface area contributed by atoms with Gasteiger partial charge in [-0.1, -0.05) is 138 Å². The zero-order valence-corrected chi connectivity index (χ0v) is 42.9. The Morgan fingerprint density at radius 3 is 1.99 bits per heavy atom. The molecule has 2 unspecified atom stereocenters. The number of rotatable bonds is 2. The maximum absolute atomic E-state index is 6.87. The SMILES string of the molecule is Cc1cc2c(cc1N1c3cc(N4c5ccc(C(C)(C)C)cc5C5(C)CCCCC45C)ccc3B3c4c1cc(C(C)(C)C)cc4-n1c4c3cccc4c3oc4ccccc4c31)C(C)(C)CCC2(C)C. The molecule has 4 nitrogen and oxygen atoms in total. The van der Waals surface area contributed by atoms with Crippen LogP contribution in [0.3, 0.4) is 0 Å². The van der Waals surface area contributed by atoms with Gasteiger partial charge < -0.3 is 18.8 Å². The second kappa shape index (κ2) is 13.3. The lowest BCUT2D eigenvalue weighted by Crippen LogP contribution is -2.60. The Kier molecular flexibility index (Phi) is 8.33. The Bertz CT molecular complexity index is 3510. The molecule has 2 aromatic heterocycles. The predicted octanol–water partition coefficient (Wildman–Crippen LogP) is 15.1. The van der Waals surface area contributed by atoms with E-state index in [9.17, 15) is 0 Å². The highest BCUT2D eigenvalue weighted by molar-refractivity contribution is 7.00. The first-order valence-electron chi connectivity index (χ1n) is 25.8. The summed E-state index contributed by atoms with van der Waals surface area (Å²) in [5.74, 6) is 0. The molecule has 0 N–H and O–H groups in total. The van der Waals surface area contributed by atoms with Gasteiger partial charge >= 0.3 is 0 Å². The largest absolute Gasteiger partial charge is 0.454 e. The van der Waals surface area contributed by atoms with Gasteiger partial charge in [0.05, 0.1) is 11.1 Å². The molecule has 3 aliphatic heterocycles. The summed E-state index contributed by atoms with van der Waals surface area (Å²) in [5, 5.41) is 2.35. The van der Waals surface area contributed by atoms with Gasteiger partial charge in [-0.05, 0) is 166 Å². The van der Waals surface area contributed by atoms with Crippen molar-refractivity contribution < 1.29 is 4.42 Å². The third-order valence-electron chi connectivity index (χ3n) is 18.6. The summed E-state index contributed by atoms with van der Waals surface area (Å²) in [7, 11) is 0. The normalized spacial score (nSPS) is 22.1. The highest BCUT2D eigenvalue weighted by Crippen LogP contribution is 2.62. The molecule has 2 aliphatic carbocycles. The van der Waals surface area contributed by atoms with Crippen molar-refractivity contribution in [1.82, 2.24) is 4.57 Å². The summed E-state index contributed by atoms with van der Waals surface area (Å²) in [6.07, 6.45) is 7.25. The lowest BCUT2D eigenvalue weighted by atomic mass is 9.33. The number of hydrogen-bond acceptors (Lipinski definition) is 3. The minimum atomic E-state index is -0.113. The third-order valence-corrected chi connectivity index (χ3v) is 18.6. The van der Waals surface area contributed by atoms with E-state index in [0.717, 1.165) is 23.0 Å². The van der Waals surface area contributed by atoms with E-state index < -0.39 is 0 Å². The Hall–Kier alpha value is -5.68. The molecule has 2 atom stereocenters. The lowest BCUT2D eigenvalue weighted by molar-refractivity contribution is 0.195. The average Bonchev–Trinajstić information content (AvgIpc) is 3.89. The van der Waals surface area contributed by atoms with Crippen LogP contribution in [-0.4, -0.2) is 16.8 Å². The number of fused-ring (bicyclic) bond motifs is 13. The molecule has 0 bridgehead atoms. The van der Waals surface area contributed by atoms with Gasteiger partial charge in [-0.3, -0.25) is 0 Å². The minimum absolute atomic E-state index is 0.0273. The fraction of sp³-hybridized carbons (Fsp3) is 0.397. The average molecular weight is 894 g/mol. The summed E-state index contributed by atoms with van der Waals surface area (Å²) in [4.78, 5) is 5.54. The summed E-state index contributed by atoms with van der Waals surface area (Å²) in [5.41, 5.74) is 25.0. The number of hydrogen-bond donors (Lipinski definition) is 0. The van der Waals surface area contributed by atoms with Crippen LogP contribution in [0.25, 0.3) is 38.7 Å². The number of aryl methyl sites for hydroxylation is 1. The first kappa shape index (κ1) is 42.4. The molecule has 1 saturated carbocycles. The predicted molar refractivity (Wildman–Crippen MR) is 290 cm³/mol. The number of furan rings is 1. The van der Waals surface area contributed by atoms with Crippen molar-refractivity contribution in [2.75, 3.05) is 9.80 Å². The van der Waals surface area contributed by atoms with Crippen molar-refractivity contribution in [3.8, 4) is 5.69 Å². The van der Waals surface area contributed by atoms with Crippen LogP contribution in [0.4, 0.5) is 28.4 Å². The van der Waals surface area contributed by atoms with Gasteiger partial charge in [-0.2, -0.15) is 0 Å². The van der Waals surface area contributed by atoms with Gasteiger partial charge in [0.1, 0.15) is 11.1 Å². The van der Waals surface area contributed by atoms with E-state index in [2.05, 4.69) is 208 Å².